The predicted molar refractivity (Wildman–Crippen MR) is 75.0 cm³/mol. The number of fused-ring (bicyclic) bond motifs is 3. The number of hydrogen-bond acceptors (Lipinski definition) is 3. The molecule has 0 aliphatic carbocycles. The first-order valence-electron chi connectivity index (χ1n) is 5.57. The molecular formula is C14H14ClNO2. The zero-order valence-corrected chi connectivity index (χ0v) is 10.5. The van der Waals surface area contributed by atoms with E-state index in [4.69, 9.17) is 15.3 Å². The Kier molecular flexibility index (Phi) is 3.57. The van der Waals surface area contributed by atoms with Gasteiger partial charge in [-0.1, -0.05) is 24.3 Å². The molecule has 2 aromatic carbocycles. The molecule has 4 heteroatoms. The van der Waals surface area contributed by atoms with Crippen molar-refractivity contribution >= 4 is 34.3 Å². The second-order valence-corrected chi connectivity index (χ2v) is 4.14. The molecule has 0 saturated heterocycles. The third kappa shape index (κ3) is 1.97. The number of para-hydroxylation sites is 1. The lowest BCUT2D eigenvalue weighted by molar-refractivity contribution is 0.268. The summed E-state index contributed by atoms with van der Waals surface area (Å²) in [5.41, 5.74) is 8.46. The summed E-state index contributed by atoms with van der Waals surface area (Å²) in [7, 11) is 0. The van der Waals surface area contributed by atoms with Crippen LogP contribution in [0.4, 0.5) is 0 Å². The van der Waals surface area contributed by atoms with Crippen molar-refractivity contribution in [2.75, 3.05) is 6.61 Å². The highest BCUT2D eigenvalue weighted by Gasteiger charge is 2.09. The van der Waals surface area contributed by atoms with Crippen LogP contribution < -0.4 is 5.73 Å². The second-order valence-electron chi connectivity index (χ2n) is 4.14. The molecule has 0 radical (unpaired) electrons. The molecule has 0 bridgehead atoms. The van der Waals surface area contributed by atoms with E-state index < -0.39 is 0 Å². The predicted octanol–water partition coefficient (Wildman–Crippen LogP) is 3.00. The van der Waals surface area contributed by atoms with Crippen molar-refractivity contribution in [2.45, 2.75) is 6.04 Å². The average molecular weight is 264 g/mol. The van der Waals surface area contributed by atoms with Crippen LogP contribution in [0.1, 0.15) is 11.6 Å². The van der Waals surface area contributed by atoms with Gasteiger partial charge in [-0.15, -0.1) is 12.4 Å². The summed E-state index contributed by atoms with van der Waals surface area (Å²) < 4.78 is 5.72. The van der Waals surface area contributed by atoms with Crippen LogP contribution in [0.15, 0.2) is 46.9 Å². The van der Waals surface area contributed by atoms with Gasteiger partial charge in [-0.3, -0.25) is 0 Å². The summed E-state index contributed by atoms with van der Waals surface area (Å²) in [6, 6.07) is 13.3. The molecule has 0 saturated carbocycles. The summed E-state index contributed by atoms with van der Waals surface area (Å²) in [4.78, 5) is 0. The van der Waals surface area contributed by atoms with Gasteiger partial charge in [0.15, 0.2) is 0 Å². The second kappa shape index (κ2) is 4.98. The van der Waals surface area contributed by atoms with E-state index in [1.165, 1.54) is 0 Å². The molecule has 1 atom stereocenters. The molecule has 0 spiro atoms. The molecule has 0 fully saturated rings. The van der Waals surface area contributed by atoms with E-state index in [1.807, 2.05) is 42.5 Å². The Morgan fingerprint density at radius 2 is 1.78 bits per heavy atom. The molecule has 0 aliphatic heterocycles. The first kappa shape index (κ1) is 12.9. The van der Waals surface area contributed by atoms with Crippen molar-refractivity contribution in [3.8, 4) is 0 Å². The molecule has 0 amide bonds. The van der Waals surface area contributed by atoms with E-state index in [0.717, 1.165) is 27.5 Å². The van der Waals surface area contributed by atoms with Crippen LogP contribution in [0.3, 0.4) is 0 Å². The summed E-state index contributed by atoms with van der Waals surface area (Å²) in [6.07, 6.45) is 0. The van der Waals surface area contributed by atoms with Crippen molar-refractivity contribution in [3.05, 3.63) is 48.0 Å². The lowest BCUT2D eigenvalue weighted by atomic mass is 10.0. The monoisotopic (exact) mass is 263 g/mol. The molecule has 3 rings (SSSR count). The smallest absolute Gasteiger partial charge is 0.135 e. The van der Waals surface area contributed by atoms with Crippen LogP contribution in [0.25, 0.3) is 21.9 Å². The van der Waals surface area contributed by atoms with Crippen molar-refractivity contribution < 1.29 is 9.52 Å². The number of halogens is 1. The minimum Gasteiger partial charge on any atom is -0.456 e. The molecule has 0 aliphatic rings. The maximum atomic E-state index is 9.08. The van der Waals surface area contributed by atoms with Gasteiger partial charge in [0.05, 0.1) is 12.6 Å². The van der Waals surface area contributed by atoms with E-state index in [1.54, 1.807) is 0 Å². The van der Waals surface area contributed by atoms with Crippen molar-refractivity contribution in [2.24, 2.45) is 5.73 Å². The Morgan fingerprint density at radius 1 is 1.06 bits per heavy atom. The van der Waals surface area contributed by atoms with Gasteiger partial charge in [-0.25, -0.2) is 0 Å². The highest BCUT2D eigenvalue weighted by Crippen LogP contribution is 2.30. The standard InChI is InChI=1S/C14H13NO2.ClH/c15-12(8-16)9-5-6-14-11(7-9)10-3-1-2-4-13(10)17-14;/h1-7,12,16H,8,15H2;1H/t12-;/m1./s1. The third-order valence-corrected chi connectivity index (χ3v) is 3.03. The largest absolute Gasteiger partial charge is 0.456 e. The zero-order valence-electron chi connectivity index (χ0n) is 9.67. The van der Waals surface area contributed by atoms with E-state index in [9.17, 15) is 0 Å². The Bertz CT molecular complexity index is 678. The molecule has 3 aromatic rings. The van der Waals surface area contributed by atoms with Crippen LogP contribution in [-0.2, 0) is 0 Å². The van der Waals surface area contributed by atoms with Crippen LogP contribution >= 0.6 is 12.4 Å². The lowest BCUT2D eigenvalue weighted by Crippen LogP contribution is -2.14. The van der Waals surface area contributed by atoms with Crippen molar-refractivity contribution in [3.63, 3.8) is 0 Å². The van der Waals surface area contributed by atoms with E-state index in [-0.39, 0.29) is 25.1 Å². The van der Waals surface area contributed by atoms with Gasteiger partial charge in [0.1, 0.15) is 11.2 Å². The number of hydrogen-bond donors (Lipinski definition) is 2. The third-order valence-electron chi connectivity index (χ3n) is 3.03. The molecular weight excluding hydrogens is 250 g/mol. The molecule has 3 N–H and O–H groups in total. The van der Waals surface area contributed by atoms with Gasteiger partial charge in [0.25, 0.3) is 0 Å². The Labute approximate surface area is 111 Å². The first-order chi connectivity index (χ1) is 8.29. The normalized spacial score (nSPS) is 12.6. The van der Waals surface area contributed by atoms with Gasteiger partial charge in [0.2, 0.25) is 0 Å². The number of furan rings is 1. The first-order valence-corrected chi connectivity index (χ1v) is 5.57. The van der Waals surface area contributed by atoms with Crippen LogP contribution in [0.2, 0.25) is 0 Å². The van der Waals surface area contributed by atoms with Gasteiger partial charge in [-0.05, 0) is 23.8 Å². The van der Waals surface area contributed by atoms with Crippen LogP contribution in [-0.4, -0.2) is 11.7 Å². The number of aliphatic hydroxyl groups excluding tert-OH is 1. The minimum absolute atomic E-state index is 0. The number of nitrogens with two attached hydrogens (primary N) is 1. The molecule has 1 aromatic heterocycles. The Hall–Kier alpha value is -1.55. The number of benzene rings is 2. The fourth-order valence-electron chi connectivity index (χ4n) is 2.08. The van der Waals surface area contributed by atoms with Crippen molar-refractivity contribution in [1.29, 1.82) is 0 Å². The van der Waals surface area contributed by atoms with Gasteiger partial charge in [0, 0.05) is 10.8 Å². The maximum Gasteiger partial charge on any atom is 0.135 e. The summed E-state index contributed by atoms with van der Waals surface area (Å²) in [5, 5.41) is 11.2. The summed E-state index contributed by atoms with van der Waals surface area (Å²) in [5.74, 6) is 0. The van der Waals surface area contributed by atoms with Crippen LogP contribution in [0.5, 0.6) is 0 Å². The highest BCUT2D eigenvalue weighted by molar-refractivity contribution is 6.05. The van der Waals surface area contributed by atoms with E-state index in [2.05, 4.69) is 0 Å². The Balaban J connectivity index is 0.00000120. The molecule has 18 heavy (non-hydrogen) atoms. The van der Waals surface area contributed by atoms with Crippen molar-refractivity contribution in [1.82, 2.24) is 0 Å². The van der Waals surface area contributed by atoms with Gasteiger partial charge in [-0.2, -0.15) is 0 Å². The quantitative estimate of drug-likeness (QED) is 0.747. The topological polar surface area (TPSA) is 59.4 Å². The number of rotatable bonds is 2. The lowest BCUT2D eigenvalue weighted by Gasteiger charge is -2.07. The fourth-order valence-corrected chi connectivity index (χ4v) is 2.08. The average Bonchev–Trinajstić information content (AvgIpc) is 2.75. The van der Waals surface area contributed by atoms with Gasteiger partial charge >= 0.3 is 0 Å². The zero-order chi connectivity index (χ0) is 11.8. The number of aliphatic hydroxyl groups is 1. The summed E-state index contributed by atoms with van der Waals surface area (Å²) in [6.45, 7) is -0.0543. The molecule has 94 valence electrons. The molecule has 1 heterocycles. The van der Waals surface area contributed by atoms with E-state index >= 15 is 0 Å². The van der Waals surface area contributed by atoms with Gasteiger partial charge < -0.3 is 15.3 Å². The maximum absolute atomic E-state index is 9.08. The minimum atomic E-state index is -0.340. The SMILES string of the molecule is Cl.N[C@H](CO)c1ccc2oc3ccccc3c2c1. The Morgan fingerprint density at radius 3 is 2.56 bits per heavy atom. The van der Waals surface area contributed by atoms with Crippen LogP contribution in [0, 0.1) is 0 Å². The fraction of sp³-hybridized carbons (Fsp3) is 0.143. The molecule has 0 unspecified atom stereocenters. The van der Waals surface area contributed by atoms with E-state index in [0.29, 0.717) is 0 Å². The summed E-state index contributed by atoms with van der Waals surface area (Å²) >= 11 is 0. The highest BCUT2D eigenvalue weighted by atomic mass is 35.5. The molecule has 3 nitrogen and oxygen atoms in total.